The summed E-state index contributed by atoms with van der Waals surface area (Å²) in [5.74, 6) is -0.872. The summed E-state index contributed by atoms with van der Waals surface area (Å²) in [4.78, 5) is 57.9. The molecule has 0 saturated carbocycles. The van der Waals surface area contributed by atoms with Crippen LogP contribution >= 0.6 is 0 Å². The molecule has 3 aromatic rings. The number of aromatic nitrogens is 2. The average Bonchev–Trinajstić information content (AvgIpc) is 3.00. The number of benzene rings is 2. The quantitative estimate of drug-likeness (QED) is 0.486. The molecule has 0 saturated heterocycles. The zero-order valence-electron chi connectivity index (χ0n) is 17.2. The number of imide groups is 1. The Labute approximate surface area is 177 Å². The van der Waals surface area contributed by atoms with Gasteiger partial charge in [0.05, 0.1) is 27.6 Å². The van der Waals surface area contributed by atoms with E-state index in [2.05, 4.69) is 9.97 Å². The zero-order chi connectivity index (χ0) is 22.1. The number of nitrogens with one attached hydrogen (secondary N) is 1. The molecule has 0 unspecified atom stereocenters. The highest BCUT2D eigenvalue weighted by molar-refractivity contribution is 6.21. The maximum absolute atomic E-state index is 12.6. The first-order chi connectivity index (χ1) is 14.8. The smallest absolute Gasteiger partial charge is 0.338 e. The Morgan fingerprint density at radius 1 is 1.06 bits per heavy atom. The van der Waals surface area contributed by atoms with Crippen molar-refractivity contribution in [2.75, 3.05) is 6.54 Å². The maximum Gasteiger partial charge on any atom is 0.338 e. The molecular formula is C23H21N3O5. The van der Waals surface area contributed by atoms with E-state index < -0.39 is 11.9 Å². The molecule has 158 valence electrons. The van der Waals surface area contributed by atoms with Gasteiger partial charge in [0.25, 0.3) is 17.4 Å². The van der Waals surface area contributed by atoms with Crippen LogP contribution in [0.1, 0.15) is 57.2 Å². The Kier molecular flexibility index (Phi) is 5.37. The van der Waals surface area contributed by atoms with Crippen LogP contribution in [0.2, 0.25) is 0 Å². The molecule has 8 nitrogen and oxygen atoms in total. The molecule has 1 N–H and O–H groups in total. The molecule has 1 aliphatic heterocycles. The van der Waals surface area contributed by atoms with Gasteiger partial charge in [-0.25, -0.2) is 9.78 Å². The first-order valence-corrected chi connectivity index (χ1v) is 10.0. The fourth-order valence-electron chi connectivity index (χ4n) is 3.43. The molecule has 1 aromatic heterocycles. The number of hydrogen-bond donors (Lipinski definition) is 1. The highest BCUT2D eigenvalue weighted by Crippen LogP contribution is 2.25. The van der Waals surface area contributed by atoms with E-state index in [1.54, 1.807) is 24.3 Å². The standard InChI is InChI=1S/C23H21N3O5/c1-13(2)9-10-26-21(28)15-8-7-14(11-17(15)22(26)29)23(30)31-12-19-24-18-6-4-3-5-16(18)20(27)25-19/h3-8,11,13H,9-10,12H2,1-2H3,(H,24,25,27). The summed E-state index contributed by atoms with van der Waals surface area (Å²) in [6, 6.07) is 11.2. The van der Waals surface area contributed by atoms with Gasteiger partial charge in [0.15, 0.2) is 0 Å². The largest absolute Gasteiger partial charge is 0.454 e. The fraction of sp³-hybridized carbons (Fsp3) is 0.261. The van der Waals surface area contributed by atoms with Crippen LogP contribution in [0.4, 0.5) is 0 Å². The van der Waals surface area contributed by atoms with Crippen molar-refractivity contribution < 1.29 is 19.1 Å². The summed E-state index contributed by atoms with van der Waals surface area (Å²) >= 11 is 0. The number of H-pyrrole nitrogens is 1. The van der Waals surface area contributed by atoms with E-state index in [1.165, 1.54) is 23.1 Å². The number of ether oxygens (including phenoxy) is 1. The average molecular weight is 419 g/mol. The Morgan fingerprint density at radius 2 is 1.81 bits per heavy atom. The molecular weight excluding hydrogens is 398 g/mol. The molecule has 31 heavy (non-hydrogen) atoms. The molecule has 2 amide bonds. The molecule has 2 heterocycles. The minimum atomic E-state index is -0.681. The van der Waals surface area contributed by atoms with Crippen LogP contribution in [0.25, 0.3) is 10.9 Å². The molecule has 8 heteroatoms. The fourth-order valence-corrected chi connectivity index (χ4v) is 3.43. The van der Waals surface area contributed by atoms with Gasteiger partial charge in [0.1, 0.15) is 12.4 Å². The molecule has 2 aromatic carbocycles. The molecule has 0 atom stereocenters. The monoisotopic (exact) mass is 419 g/mol. The Bertz CT molecular complexity index is 1260. The highest BCUT2D eigenvalue weighted by atomic mass is 16.5. The van der Waals surface area contributed by atoms with Gasteiger partial charge in [-0.2, -0.15) is 0 Å². The van der Waals surface area contributed by atoms with Crippen molar-refractivity contribution in [3.05, 3.63) is 75.3 Å². The van der Waals surface area contributed by atoms with Gasteiger partial charge in [0, 0.05) is 6.54 Å². The van der Waals surface area contributed by atoms with Crippen molar-refractivity contribution in [1.82, 2.24) is 14.9 Å². The number of nitrogens with zero attached hydrogens (tertiary/aromatic N) is 2. The van der Waals surface area contributed by atoms with E-state index in [1.807, 2.05) is 13.8 Å². The topological polar surface area (TPSA) is 109 Å². The molecule has 0 bridgehead atoms. The van der Waals surface area contributed by atoms with Crippen LogP contribution < -0.4 is 5.56 Å². The van der Waals surface area contributed by atoms with Crippen molar-refractivity contribution >= 4 is 28.7 Å². The summed E-state index contributed by atoms with van der Waals surface area (Å²) < 4.78 is 5.26. The number of fused-ring (bicyclic) bond motifs is 2. The van der Waals surface area contributed by atoms with Crippen molar-refractivity contribution in [3.8, 4) is 0 Å². The predicted molar refractivity (Wildman–Crippen MR) is 113 cm³/mol. The number of rotatable bonds is 6. The maximum atomic E-state index is 12.6. The highest BCUT2D eigenvalue weighted by Gasteiger charge is 2.35. The van der Waals surface area contributed by atoms with Gasteiger partial charge < -0.3 is 9.72 Å². The second-order valence-corrected chi connectivity index (χ2v) is 7.81. The van der Waals surface area contributed by atoms with E-state index in [0.717, 1.165) is 0 Å². The summed E-state index contributed by atoms with van der Waals surface area (Å²) in [6.45, 7) is 4.14. The number of para-hydroxylation sites is 1. The van der Waals surface area contributed by atoms with Gasteiger partial charge in [0.2, 0.25) is 0 Å². The van der Waals surface area contributed by atoms with Crippen molar-refractivity contribution in [2.24, 2.45) is 5.92 Å². The number of esters is 1. The number of carbonyl (C=O) groups excluding carboxylic acids is 3. The number of carbonyl (C=O) groups is 3. The lowest BCUT2D eigenvalue weighted by Crippen LogP contribution is -2.31. The summed E-state index contributed by atoms with van der Waals surface area (Å²) in [5.41, 5.74) is 0.806. The molecule has 4 rings (SSSR count). The predicted octanol–water partition coefficient (Wildman–Crippen LogP) is 2.92. The van der Waals surface area contributed by atoms with Crippen LogP contribution in [0.5, 0.6) is 0 Å². The zero-order valence-corrected chi connectivity index (χ0v) is 17.2. The third-order valence-electron chi connectivity index (χ3n) is 5.14. The third kappa shape index (κ3) is 3.96. The SMILES string of the molecule is CC(C)CCN1C(=O)c2ccc(C(=O)OCc3nc4ccccc4c(=O)[nH]3)cc2C1=O. The van der Waals surface area contributed by atoms with E-state index >= 15 is 0 Å². The second-order valence-electron chi connectivity index (χ2n) is 7.81. The molecule has 0 spiro atoms. The molecule has 0 aliphatic carbocycles. The lowest BCUT2D eigenvalue weighted by molar-refractivity contribution is 0.0462. The summed E-state index contributed by atoms with van der Waals surface area (Å²) in [5, 5.41) is 0.446. The first kappa shape index (κ1) is 20.5. The normalized spacial score (nSPS) is 13.2. The van der Waals surface area contributed by atoms with Gasteiger partial charge in [-0.3, -0.25) is 19.3 Å². The summed E-state index contributed by atoms with van der Waals surface area (Å²) in [7, 11) is 0. The molecule has 1 aliphatic rings. The van der Waals surface area contributed by atoms with Crippen LogP contribution in [-0.2, 0) is 11.3 Å². The van der Waals surface area contributed by atoms with Crippen LogP contribution in [0.15, 0.2) is 47.3 Å². The van der Waals surface area contributed by atoms with Crippen LogP contribution in [0.3, 0.4) is 0 Å². The van der Waals surface area contributed by atoms with Gasteiger partial charge in [-0.1, -0.05) is 26.0 Å². The van der Waals surface area contributed by atoms with E-state index in [4.69, 9.17) is 4.74 Å². The molecule has 0 radical (unpaired) electrons. The second kappa shape index (κ2) is 8.14. The Balaban J connectivity index is 1.49. The van der Waals surface area contributed by atoms with Crippen molar-refractivity contribution in [1.29, 1.82) is 0 Å². The lowest BCUT2D eigenvalue weighted by Gasteiger charge is -2.14. The van der Waals surface area contributed by atoms with Crippen molar-refractivity contribution in [2.45, 2.75) is 26.9 Å². The Morgan fingerprint density at radius 3 is 2.58 bits per heavy atom. The Hall–Kier alpha value is -3.81. The van der Waals surface area contributed by atoms with E-state index in [0.29, 0.717) is 29.8 Å². The van der Waals surface area contributed by atoms with Crippen molar-refractivity contribution in [3.63, 3.8) is 0 Å². The lowest BCUT2D eigenvalue weighted by atomic mass is 10.1. The molecule has 0 fully saturated rings. The first-order valence-electron chi connectivity index (χ1n) is 10.0. The van der Waals surface area contributed by atoms with Gasteiger partial charge in [-0.15, -0.1) is 0 Å². The minimum Gasteiger partial charge on any atom is -0.454 e. The van der Waals surface area contributed by atoms with Crippen LogP contribution in [0, 0.1) is 5.92 Å². The van der Waals surface area contributed by atoms with Gasteiger partial charge >= 0.3 is 5.97 Å². The number of amides is 2. The van der Waals surface area contributed by atoms with Gasteiger partial charge in [-0.05, 0) is 42.7 Å². The third-order valence-corrected chi connectivity index (χ3v) is 5.14. The number of aromatic amines is 1. The minimum absolute atomic E-state index is 0.147. The van der Waals surface area contributed by atoms with E-state index in [-0.39, 0.29) is 40.6 Å². The van der Waals surface area contributed by atoms with E-state index in [9.17, 15) is 19.2 Å². The summed E-state index contributed by atoms with van der Waals surface area (Å²) in [6.07, 6.45) is 0.706. The number of hydrogen-bond acceptors (Lipinski definition) is 6. The van der Waals surface area contributed by atoms with Crippen LogP contribution in [-0.4, -0.2) is 39.2 Å².